The van der Waals surface area contributed by atoms with E-state index in [0.717, 1.165) is 6.07 Å². The third-order valence-corrected chi connectivity index (χ3v) is 2.43. The molecule has 5 nitrogen and oxygen atoms in total. The lowest BCUT2D eigenvalue weighted by atomic mass is 10.1. The Morgan fingerprint density at radius 2 is 2.15 bits per heavy atom. The molecule has 0 aromatic heterocycles. The second-order valence-electron chi connectivity index (χ2n) is 4.25. The number of primary amides is 1. The van der Waals surface area contributed by atoms with Crippen molar-refractivity contribution in [1.82, 2.24) is 5.32 Å². The smallest absolute Gasteiger partial charge is 0.254 e. The first-order valence-electron chi connectivity index (χ1n) is 6.01. The van der Waals surface area contributed by atoms with Crippen molar-refractivity contribution in [2.24, 2.45) is 11.5 Å². The van der Waals surface area contributed by atoms with E-state index in [1.54, 1.807) is 6.92 Å². The molecule has 1 unspecified atom stereocenters. The van der Waals surface area contributed by atoms with Gasteiger partial charge in [-0.3, -0.25) is 9.59 Å². The molecule has 5 N–H and O–H groups in total. The zero-order chi connectivity index (χ0) is 15.1. The molecular weight excluding hydrogens is 261 g/mol. The van der Waals surface area contributed by atoms with E-state index in [0.29, 0.717) is 5.56 Å². The Balaban J connectivity index is 2.81. The summed E-state index contributed by atoms with van der Waals surface area (Å²) >= 11 is 0. The molecule has 0 aliphatic rings. The summed E-state index contributed by atoms with van der Waals surface area (Å²) < 4.78 is 13.8. The van der Waals surface area contributed by atoms with Crippen LogP contribution in [-0.4, -0.2) is 24.4 Å². The molecule has 20 heavy (non-hydrogen) atoms. The summed E-state index contributed by atoms with van der Waals surface area (Å²) in [4.78, 5) is 22.5. The van der Waals surface area contributed by atoms with Crippen LogP contribution in [0.25, 0.3) is 0 Å². The predicted molar refractivity (Wildman–Crippen MR) is 73.1 cm³/mol. The van der Waals surface area contributed by atoms with Gasteiger partial charge in [0.2, 0.25) is 5.91 Å². The zero-order valence-corrected chi connectivity index (χ0v) is 11.1. The molecule has 1 aromatic carbocycles. The van der Waals surface area contributed by atoms with E-state index in [1.807, 2.05) is 0 Å². The van der Waals surface area contributed by atoms with Gasteiger partial charge in [0.05, 0.1) is 12.1 Å². The summed E-state index contributed by atoms with van der Waals surface area (Å²) in [7, 11) is 0. The van der Waals surface area contributed by atoms with Crippen LogP contribution in [0.5, 0.6) is 0 Å². The molecule has 0 saturated carbocycles. The molecule has 6 heteroatoms. The van der Waals surface area contributed by atoms with E-state index in [-0.39, 0.29) is 18.5 Å². The van der Waals surface area contributed by atoms with Crippen LogP contribution in [-0.2, 0) is 4.79 Å². The molecule has 0 aliphatic heterocycles. The Morgan fingerprint density at radius 3 is 2.70 bits per heavy atom. The molecule has 0 heterocycles. The standard InChI is InChI=1S/C14H16FN3O2/c1-9(7-13(17)19)18-14(20)11-5-4-10(3-2-6-16)8-12(11)15/h4-5,8-9H,6-7,16H2,1H3,(H2,17,19)(H,18,20). The Labute approximate surface area is 116 Å². The van der Waals surface area contributed by atoms with Crippen LogP contribution in [0.3, 0.4) is 0 Å². The molecule has 2 amide bonds. The fourth-order valence-electron chi connectivity index (χ4n) is 1.58. The zero-order valence-electron chi connectivity index (χ0n) is 11.1. The second kappa shape index (κ2) is 7.26. The van der Waals surface area contributed by atoms with E-state index in [2.05, 4.69) is 17.2 Å². The predicted octanol–water partition coefficient (Wildman–Crippen LogP) is 0.130. The molecule has 0 radical (unpaired) electrons. The Kier molecular flexibility index (Phi) is 5.69. The summed E-state index contributed by atoms with van der Waals surface area (Å²) in [6, 6.07) is 3.56. The van der Waals surface area contributed by atoms with Crippen molar-refractivity contribution in [3.63, 3.8) is 0 Å². The fourth-order valence-corrected chi connectivity index (χ4v) is 1.58. The van der Waals surface area contributed by atoms with Gasteiger partial charge < -0.3 is 16.8 Å². The maximum absolute atomic E-state index is 13.8. The summed E-state index contributed by atoms with van der Waals surface area (Å²) in [6.45, 7) is 1.79. The first-order valence-corrected chi connectivity index (χ1v) is 6.01. The number of rotatable bonds is 4. The first kappa shape index (κ1) is 15.7. The minimum absolute atomic E-state index is 0.00653. The SMILES string of the molecule is CC(CC(N)=O)NC(=O)c1ccc(C#CCN)cc1F. The van der Waals surface area contributed by atoms with E-state index >= 15 is 0 Å². The average molecular weight is 277 g/mol. The lowest BCUT2D eigenvalue weighted by Crippen LogP contribution is -2.36. The number of nitrogens with one attached hydrogen (secondary N) is 1. The maximum atomic E-state index is 13.8. The lowest BCUT2D eigenvalue weighted by Gasteiger charge is -2.12. The molecule has 0 bridgehead atoms. The highest BCUT2D eigenvalue weighted by molar-refractivity contribution is 5.95. The number of halogens is 1. The topological polar surface area (TPSA) is 98.2 Å². The molecule has 1 rings (SSSR count). The van der Waals surface area contributed by atoms with Crippen molar-refractivity contribution in [2.75, 3.05) is 6.54 Å². The van der Waals surface area contributed by atoms with Crippen LogP contribution in [0.2, 0.25) is 0 Å². The van der Waals surface area contributed by atoms with Gasteiger partial charge in [-0.05, 0) is 25.1 Å². The second-order valence-corrected chi connectivity index (χ2v) is 4.25. The van der Waals surface area contributed by atoms with Crippen molar-refractivity contribution in [3.05, 3.63) is 35.1 Å². The number of amides is 2. The van der Waals surface area contributed by atoms with Gasteiger partial charge in [-0.25, -0.2) is 4.39 Å². The van der Waals surface area contributed by atoms with Crippen molar-refractivity contribution in [2.45, 2.75) is 19.4 Å². The van der Waals surface area contributed by atoms with Gasteiger partial charge in [-0.2, -0.15) is 0 Å². The summed E-state index contributed by atoms with van der Waals surface area (Å²) in [5, 5.41) is 2.50. The van der Waals surface area contributed by atoms with E-state index < -0.39 is 23.7 Å². The van der Waals surface area contributed by atoms with Crippen LogP contribution in [0.1, 0.15) is 29.3 Å². The molecule has 1 atom stereocenters. The summed E-state index contributed by atoms with van der Waals surface area (Å²) in [5.41, 5.74) is 10.6. The highest BCUT2D eigenvalue weighted by Gasteiger charge is 2.15. The van der Waals surface area contributed by atoms with Crippen molar-refractivity contribution < 1.29 is 14.0 Å². The molecule has 0 fully saturated rings. The van der Waals surface area contributed by atoms with Gasteiger partial charge in [0.1, 0.15) is 5.82 Å². The molecule has 1 aromatic rings. The fraction of sp³-hybridized carbons (Fsp3) is 0.286. The lowest BCUT2D eigenvalue weighted by molar-refractivity contribution is -0.118. The first-order chi connectivity index (χ1) is 9.43. The molecule has 0 spiro atoms. The molecule has 0 aliphatic carbocycles. The number of benzene rings is 1. The van der Waals surface area contributed by atoms with Crippen molar-refractivity contribution in [3.8, 4) is 11.8 Å². The van der Waals surface area contributed by atoms with E-state index in [9.17, 15) is 14.0 Å². The van der Waals surface area contributed by atoms with E-state index in [4.69, 9.17) is 11.5 Å². The summed E-state index contributed by atoms with van der Waals surface area (Å²) in [5.74, 6) is 3.44. The summed E-state index contributed by atoms with van der Waals surface area (Å²) in [6.07, 6.45) is -0.00653. The van der Waals surface area contributed by atoms with E-state index in [1.165, 1.54) is 12.1 Å². The van der Waals surface area contributed by atoms with Gasteiger partial charge in [0, 0.05) is 18.0 Å². The van der Waals surface area contributed by atoms with Crippen LogP contribution in [0.15, 0.2) is 18.2 Å². The largest absolute Gasteiger partial charge is 0.370 e. The number of carbonyl (C=O) groups is 2. The third kappa shape index (κ3) is 4.71. The van der Waals surface area contributed by atoms with Gasteiger partial charge in [-0.1, -0.05) is 11.8 Å². The van der Waals surface area contributed by atoms with Crippen LogP contribution < -0.4 is 16.8 Å². The van der Waals surface area contributed by atoms with Crippen LogP contribution >= 0.6 is 0 Å². The Bertz CT molecular complexity index is 576. The quantitative estimate of drug-likeness (QED) is 0.682. The normalized spacial score (nSPS) is 11.2. The average Bonchev–Trinajstić information content (AvgIpc) is 2.35. The number of nitrogens with two attached hydrogens (primary N) is 2. The highest BCUT2D eigenvalue weighted by Crippen LogP contribution is 2.10. The number of hydrogen-bond donors (Lipinski definition) is 3. The van der Waals surface area contributed by atoms with Crippen LogP contribution in [0, 0.1) is 17.7 Å². The van der Waals surface area contributed by atoms with Gasteiger partial charge in [-0.15, -0.1) is 0 Å². The third-order valence-electron chi connectivity index (χ3n) is 2.43. The Hall–Kier alpha value is -2.39. The van der Waals surface area contributed by atoms with Gasteiger partial charge in [0.25, 0.3) is 5.91 Å². The van der Waals surface area contributed by atoms with Gasteiger partial charge in [0.15, 0.2) is 0 Å². The van der Waals surface area contributed by atoms with Crippen molar-refractivity contribution in [1.29, 1.82) is 0 Å². The minimum Gasteiger partial charge on any atom is -0.370 e. The maximum Gasteiger partial charge on any atom is 0.254 e. The molecular formula is C14H16FN3O2. The van der Waals surface area contributed by atoms with Crippen LogP contribution in [0.4, 0.5) is 4.39 Å². The van der Waals surface area contributed by atoms with Gasteiger partial charge >= 0.3 is 0 Å². The monoisotopic (exact) mass is 277 g/mol. The molecule has 0 saturated heterocycles. The van der Waals surface area contributed by atoms with Crippen molar-refractivity contribution >= 4 is 11.8 Å². The minimum atomic E-state index is -0.683. The number of carbonyl (C=O) groups excluding carboxylic acids is 2. The number of hydrogen-bond acceptors (Lipinski definition) is 3. The molecule has 106 valence electrons. The Morgan fingerprint density at radius 1 is 1.45 bits per heavy atom. The highest BCUT2D eigenvalue weighted by atomic mass is 19.1.